The fourth-order valence-electron chi connectivity index (χ4n) is 3.03. The Morgan fingerprint density at radius 3 is 2.73 bits per heavy atom. The van der Waals surface area contributed by atoms with Crippen LogP contribution in [0.4, 0.5) is 0 Å². The molecule has 0 spiro atoms. The van der Waals surface area contributed by atoms with Gasteiger partial charge in [0.05, 0.1) is 16.6 Å². The minimum Gasteiger partial charge on any atom is -0.478 e. The minimum atomic E-state index is -0.976. The highest BCUT2D eigenvalue weighted by atomic mass is 35.5. The number of para-hydroxylation sites is 1. The molecule has 1 N–H and O–H groups in total. The van der Waals surface area contributed by atoms with Crippen molar-refractivity contribution in [3.63, 3.8) is 0 Å². The average Bonchev–Trinajstić information content (AvgIpc) is 2.78. The van der Waals surface area contributed by atoms with Crippen LogP contribution in [0.15, 0.2) is 42.5 Å². The number of aromatic carboxylic acids is 1. The third kappa shape index (κ3) is 1.64. The Morgan fingerprint density at radius 1 is 1.18 bits per heavy atom. The van der Waals surface area contributed by atoms with Crippen molar-refractivity contribution in [2.75, 3.05) is 0 Å². The first-order chi connectivity index (χ1) is 10.6. The Balaban J connectivity index is 2.38. The van der Waals surface area contributed by atoms with Gasteiger partial charge in [-0.25, -0.2) is 9.78 Å². The van der Waals surface area contributed by atoms with Crippen molar-refractivity contribution in [1.82, 2.24) is 9.55 Å². The Kier molecular flexibility index (Phi) is 2.65. The summed E-state index contributed by atoms with van der Waals surface area (Å²) in [6.07, 6.45) is 0. The molecule has 5 heteroatoms. The number of fused-ring (bicyclic) bond motifs is 4. The zero-order valence-corrected chi connectivity index (χ0v) is 12.4. The number of carboxylic acid groups (broad SMARTS) is 1. The van der Waals surface area contributed by atoms with E-state index in [1.54, 1.807) is 18.2 Å². The first-order valence-electron chi connectivity index (χ1n) is 6.77. The Hall–Kier alpha value is -2.59. The Bertz CT molecular complexity index is 1080. The lowest BCUT2D eigenvalue weighted by Gasteiger charge is -2.06. The molecule has 4 aromatic rings. The third-order valence-corrected chi connectivity index (χ3v) is 4.23. The van der Waals surface area contributed by atoms with E-state index in [4.69, 9.17) is 11.6 Å². The molecule has 22 heavy (non-hydrogen) atoms. The zero-order chi connectivity index (χ0) is 15.4. The predicted molar refractivity (Wildman–Crippen MR) is 87.7 cm³/mol. The van der Waals surface area contributed by atoms with E-state index in [1.165, 1.54) is 0 Å². The highest BCUT2D eigenvalue weighted by Gasteiger charge is 2.20. The predicted octanol–water partition coefficient (Wildman–Crippen LogP) is 4.23. The number of aromatic nitrogens is 2. The van der Waals surface area contributed by atoms with Crippen LogP contribution in [0.1, 0.15) is 10.4 Å². The van der Waals surface area contributed by atoms with Crippen LogP contribution in [-0.4, -0.2) is 20.6 Å². The van der Waals surface area contributed by atoms with Gasteiger partial charge in [0, 0.05) is 28.2 Å². The van der Waals surface area contributed by atoms with E-state index >= 15 is 0 Å². The van der Waals surface area contributed by atoms with Gasteiger partial charge < -0.3 is 9.67 Å². The molecule has 0 aliphatic heterocycles. The molecule has 0 radical (unpaired) electrons. The molecule has 0 amide bonds. The third-order valence-electron chi connectivity index (χ3n) is 3.99. The molecule has 2 heterocycles. The molecule has 0 unspecified atom stereocenters. The fourth-order valence-corrected chi connectivity index (χ4v) is 3.21. The molecule has 0 saturated carbocycles. The SMILES string of the molecule is Cn1c2ccccc2c2c(C(=O)O)c3cc(Cl)ccc3nc21. The van der Waals surface area contributed by atoms with Gasteiger partial charge in [-0.05, 0) is 24.3 Å². The van der Waals surface area contributed by atoms with Gasteiger partial charge in [0.1, 0.15) is 5.65 Å². The second-order valence-electron chi connectivity index (χ2n) is 5.23. The number of hydrogen-bond acceptors (Lipinski definition) is 2. The van der Waals surface area contributed by atoms with Gasteiger partial charge in [-0.2, -0.15) is 0 Å². The monoisotopic (exact) mass is 310 g/mol. The van der Waals surface area contributed by atoms with Crippen molar-refractivity contribution >= 4 is 50.4 Å². The second kappa shape index (κ2) is 4.45. The van der Waals surface area contributed by atoms with Crippen LogP contribution in [0.5, 0.6) is 0 Å². The Morgan fingerprint density at radius 2 is 1.95 bits per heavy atom. The summed E-state index contributed by atoms with van der Waals surface area (Å²) in [5.74, 6) is -0.976. The summed E-state index contributed by atoms with van der Waals surface area (Å²) in [6, 6.07) is 12.8. The molecular formula is C17H11ClN2O2. The number of halogens is 1. The van der Waals surface area contributed by atoms with Crippen LogP contribution < -0.4 is 0 Å². The minimum absolute atomic E-state index is 0.249. The molecule has 2 aromatic carbocycles. The number of carboxylic acids is 1. The molecule has 0 fully saturated rings. The van der Waals surface area contributed by atoms with Gasteiger partial charge in [-0.3, -0.25) is 0 Å². The lowest BCUT2D eigenvalue weighted by molar-refractivity contribution is 0.0701. The molecule has 4 nitrogen and oxygen atoms in total. The van der Waals surface area contributed by atoms with E-state index < -0.39 is 5.97 Å². The van der Waals surface area contributed by atoms with Gasteiger partial charge in [-0.1, -0.05) is 29.8 Å². The van der Waals surface area contributed by atoms with Gasteiger partial charge in [0.15, 0.2) is 0 Å². The van der Waals surface area contributed by atoms with Crippen LogP contribution in [0, 0.1) is 0 Å². The topological polar surface area (TPSA) is 55.1 Å². The maximum atomic E-state index is 11.9. The average molecular weight is 311 g/mol. The summed E-state index contributed by atoms with van der Waals surface area (Å²) >= 11 is 6.04. The maximum absolute atomic E-state index is 11.9. The van der Waals surface area contributed by atoms with Crippen molar-refractivity contribution in [3.8, 4) is 0 Å². The summed E-state index contributed by atoms with van der Waals surface area (Å²) in [4.78, 5) is 16.6. The smallest absolute Gasteiger partial charge is 0.337 e. The molecule has 0 bridgehead atoms. The molecule has 108 valence electrons. The summed E-state index contributed by atoms with van der Waals surface area (Å²) in [5, 5.41) is 12.4. The van der Waals surface area contributed by atoms with Crippen LogP contribution in [0.3, 0.4) is 0 Å². The normalized spacial score (nSPS) is 11.5. The summed E-state index contributed by atoms with van der Waals surface area (Å²) in [6.45, 7) is 0. The number of carbonyl (C=O) groups is 1. The molecule has 2 aromatic heterocycles. The number of aryl methyl sites for hydroxylation is 1. The van der Waals surface area contributed by atoms with Crippen LogP contribution in [-0.2, 0) is 7.05 Å². The molecule has 0 aliphatic rings. The first kappa shape index (κ1) is 13.1. The van der Waals surface area contributed by atoms with E-state index in [9.17, 15) is 9.90 Å². The molecule has 4 rings (SSSR count). The molecule has 0 aliphatic carbocycles. The van der Waals surface area contributed by atoms with E-state index in [0.717, 1.165) is 10.9 Å². The maximum Gasteiger partial charge on any atom is 0.337 e. The summed E-state index contributed by atoms with van der Waals surface area (Å²) < 4.78 is 1.92. The number of nitrogens with zero attached hydrogens (tertiary/aromatic N) is 2. The van der Waals surface area contributed by atoms with Crippen molar-refractivity contribution in [1.29, 1.82) is 0 Å². The number of rotatable bonds is 1. The molecular weight excluding hydrogens is 300 g/mol. The van der Waals surface area contributed by atoms with E-state index in [0.29, 0.717) is 27.0 Å². The highest BCUT2D eigenvalue weighted by Crippen LogP contribution is 2.34. The van der Waals surface area contributed by atoms with E-state index in [2.05, 4.69) is 4.98 Å². The summed E-state index contributed by atoms with van der Waals surface area (Å²) in [5.41, 5.74) is 2.49. The molecule has 0 saturated heterocycles. The van der Waals surface area contributed by atoms with E-state index in [1.807, 2.05) is 35.9 Å². The van der Waals surface area contributed by atoms with Crippen molar-refractivity contribution in [3.05, 3.63) is 53.1 Å². The van der Waals surface area contributed by atoms with Crippen LogP contribution in [0.25, 0.3) is 32.8 Å². The standard InChI is InChI=1S/C17H11ClN2O2/c1-20-13-5-3-2-4-10(13)14-15(17(21)22)11-8-9(18)6-7-12(11)19-16(14)20/h2-8H,1H3,(H,21,22). The first-order valence-corrected chi connectivity index (χ1v) is 7.15. The van der Waals surface area contributed by atoms with Gasteiger partial charge >= 0.3 is 5.97 Å². The Labute approximate surface area is 130 Å². The number of pyridine rings is 1. The lowest BCUT2D eigenvalue weighted by atomic mass is 10.0. The quantitative estimate of drug-likeness (QED) is 0.572. The fraction of sp³-hybridized carbons (Fsp3) is 0.0588. The molecule has 0 atom stereocenters. The van der Waals surface area contributed by atoms with Crippen molar-refractivity contribution in [2.45, 2.75) is 0 Å². The number of benzene rings is 2. The van der Waals surface area contributed by atoms with Gasteiger partial charge in [-0.15, -0.1) is 0 Å². The van der Waals surface area contributed by atoms with Crippen molar-refractivity contribution < 1.29 is 9.90 Å². The highest BCUT2D eigenvalue weighted by molar-refractivity contribution is 6.32. The largest absolute Gasteiger partial charge is 0.478 e. The van der Waals surface area contributed by atoms with E-state index in [-0.39, 0.29) is 5.56 Å². The number of hydrogen-bond donors (Lipinski definition) is 1. The zero-order valence-electron chi connectivity index (χ0n) is 11.7. The van der Waals surface area contributed by atoms with Crippen LogP contribution in [0.2, 0.25) is 5.02 Å². The second-order valence-corrected chi connectivity index (χ2v) is 5.66. The van der Waals surface area contributed by atoms with Crippen LogP contribution >= 0.6 is 11.6 Å². The lowest BCUT2D eigenvalue weighted by Crippen LogP contribution is -2.01. The van der Waals surface area contributed by atoms with Gasteiger partial charge in [0.2, 0.25) is 0 Å². The summed E-state index contributed by atoms with van der Waals surface area (Å²) in [7, 11) is 1.89. The van der Waals surface area contributed by atoms with Gasteiger partial charge in [0.25, 0.3) is 0 Å². The van der Waals surface area contributed by atoms with Crippen molar-refractivity contribution in [2.24, 2.45) is 7.05 Å².